The van der Waals surface area contributed by atoms with Crippen LogP contribution in [0.2, 0.25) is 0 Å². The number of carboxylic acid groups (broad SMARTS) is 1. The molecular formula is C8H5F3N2O4. The van der Waals surface area contributed by atoms with E-state index in [2.05, 4.69) is 4.98 Å². The van der Waals surface area contributed by atoms with E-state index < -0.39 is 46.5 Å². The van der Waals surface area contributed by atoms with Crippen LogP contribution in [-0.4, -0.2) is 21.0 Å². The van der Waals surface area contributed by atoms with Crippen LogP contribution in [-0.2, 0) is 11.2 Å². The molecule has 0 atom stereocenters. The smallest absolute Gasteiger partial charge is 0.312 e. The highest BCUT2D eigenvalue weighted by Gasteiger charge is 2.29. The van der Waals surface area contributed by atoms with Gasteiger partial charge >= 0.3 is 11.7 Å². The molecule has 0 aliphatic rings. The molecule has 0 aliphatic carbocycles. The first kappa shape index (κ1) is 12.9. The highest BCUT2D eigenvalue weighted by atomic mass is 19.3. The van der Waals surface area contributed by atoms with Gasteiger partial charge < -0.3 is 5.11 Å². The first-order chi connectivity index (χ1) is 7.84. The minimum atomic E-state index is -3.31. The minimum absolute atomic E-state index is 0.565. The van der Waals surface area contributed by atoms with Crippen molar-refractivity contribution in [2.75, 3.05) is 0 Å². The highest BCUT2D eigenvalue weighted by molar-refractivity contribution is 5.72. The largest absolute Gasteiger partial charge is 0.481 e. The van der Waals surface area contributed by atoms with Crippen molar-refractivity contribution in [2.45, 2.75) is 12.8 Å². The van der Waals surface area contributed by atoms with Gasteiger partial charge in [-0.15, -0.1) is 0 Å². The number of nitro groups is 1. The molecule has 0 saturated carbocycles. The molecule has 6 nitrogen and oxygen atoms in total. The van der Waals surface area contributed by atoms with Crippen LogP contribution < -0.4 is 0 Å². The number of halogens is 3. The van der Waals surface area contributed by atoms with E-state index >= 15 is 0 Å². The quantitative estimate of drug-likeness (QED) is 0.648. The summed E-state index contributed by atoms with van der Waals surface area (Å²) >= 11 is 0. The maximum atomic E-state index is 13.3. The van der Waals surface area contributed by atoms with Crippen molar-refractivity contribution in [3.05, 3.63) is 33.4 Å². The van der Waals surface area contributed by atoms with Crippen molar-refractivity contribution in [2.24, 2.45) is 0 Å². The number of aliphatic carboxylic acids is 1. The summed E-state index contributed by atoms with van der Waals surface area (Å²) in [4.78, 5) is 22.6. The normalized spacial score (nSPS) is 10.6. The molecule has 0 unspecified atom stereocenters. The lowest BCUT2D eigenvalue weighted by Crippen LogP contribution is -2.09. The first-order valence-electron chi connectivity index (χ1n) is 4.16. The third-order valence-electron chi connectivity index (χ3n) is 1.83. The van der Waals surface area contributed by atoms with E-state index in [4.69, 9.17) is 5.11 Å². The molecule has 0 radical (unpaired) electrons. The average Bonchev–Trinajstić information content (AvgIpc) is 2.15. The van der Waals surface area contributed by atoms with E-state index in [9.17, 15) is 28.1 Å². The van der Waals surface area contributed by atoms with Gasteiger partial charge in [0.2, 0.25) is 5.82 Å². The van der Waals surface area contributed by atoms with E-state index in [0.717, 1.165) is 0 Å². The molecule has 0 aliphatic heterocycles. The summed E-state index contributed by atoms with van der Waals surface area (Å²) in [5.74, 6) is -3.26. The summed E-state index contributed by atoms with van der Waals surface area (Å²) in [6.45, 7) is 0. The Hall–Kier alpha value is -2.19. The fraction of sp³-hybridized carbons (Fsp3) is 0.250. The molecule has 1 N–H and O–H groups in total. The maximum Gasteiger partial charge on any atom is 0.312 e. The standard InChI is InChI=1S/C8H5F3N2O4/c9-5-6(8(10)11)12-2-3(1-4(14)15)7(5)13(16)17/h2,8H,1H2,(H,14,15). The Morgan fingerprint density at radius 2 is 2.18 bits per heavy atom. The van der Waals surface area contributed by atoms with Gasteiger partial charge in [0.15, 0.2) is 0 Å². The molecule has 0 spiro atoms. The van der Waals surface area contributed by atoms with Crippen LogP contribution in [0.5, 0.6) is 0 Å². The van der Waals surface area contributed by atoms with E-state index in [0.29, 0.717) is 6.20 Å². The fourth-order valence-corrected chi connectivity index (χ4v) is 1.17. The molecule has 0 fully saturated rings. The maximum absolute atomic E-state index is 13.3. The predicted octanol–water partition coefficient (Wildman–Crippen LogP) is 1.69. The number of nitrogens with zero attached hydrogens (tertiary/aromatic N) is 2. The Bertz CT molecular complexity index is 478. The molecule has 1 heterocycles. The van der Waals surface area contributed by atoms with E-state index in [-0.39, 0.29) is 0 Å². The van der Waals surface area contributed by atoms with E-state index in [1.54, 1.807) is 0 Å². The molecule has 0 amide bonds. The van der Waals surface area contributed by atoms with Crippen molar-refractivity contribution in [3.8, 4) is 0 Å². The van der Waals surface area contributed by atoms with Crippen LogP contribution >= 0.6 is 0 Å². The zero-order valence-corrected chi connectivity index (χ0v) is 8.06. The number of carboxylic acids is 1. The second-order valence-electron chi connectivity index (χ2n) is 2.96. The van der Waals surface area contributed by atoms with E-state index in [1.165, 1.54) is 0 Å². The van der Waals surface area contributed by atoms with Gasteiger partial charge in [0, 0.05) is 6.20 Å². The van der Waals surface area contributed by atoms with Crippen molar-refractivity contribution >= 4 is 11.7 Å². The summed E-state index contributed by atoms with van der Waals surface area (Å²) < 4.78 is 37.8. The van der Waals surface area contributed by atoms with Crippen LogP contribution in [0, 0.1) is 15.9 Å². The number of hydrogen-bond acceptors (Lipinski definition) is 4. The van der Waals surface area contributed by atoms with Gasteiger partial charge in [-0.2, -0.15) is 4.39 Å². The van der Waals surface area contributed by atoms with Gasteiger partial charge in [-0.1, -0.05) is 0 Å². The molecule has 0 aromatic carbocycles. The van der Waals surface area contributed by atoms with Crippen LogP contribution in [0.3, 0.4) is 0 Å². The Kier molecular flexibility index (Phi) is 3.61. The van der Waals surface area contributed by atoms with Crippen molar-refractivity contribution in [1.29, 1.82) is 0 Å². The van der Waals surface area contributed by atoms with Gasteiger partial charge in [0.25, 0.3) is 6.43 Å². The summed E-state index contributed by atoms with van der Waals surface area (Å²) in [6, 6.07) is 0. The Morgan fingerprint density at radius 3 is 2.59 bits per heavy atom. The molecule has 0 saturated heterocycles. The summed E-state index contributed by atoms with van der Waals surface area (Å²) in [5.41, 5.74) is -3.21. The summed E-state index contributed by atoms with van der Waals surface area (Å²) in [7, 11) is 0. The molecule has 0 bridgehead atoms. The van der Waals surface area contributed by atoms with Gasteiger partial charge in [-0.25, -0.2) is 8.78 Å². The lowest BCUT2D eigenvalue weighted by atomic mass is 10.1. The first-order valence-corrected chi connectivity index (χ1v) is 4.16. The highest BCUT2D eigenvalue weighted by Crippen LogP contribution is 2.29. The number of hydrogen-bond donors (Lipinski definition) is 1. The Balaban J connectivity index is 3.39. The molecule has 1 rings (SSSR count). The topological polar surface area (TPSA) is 93.3 Å². The zero-order chi connectivity index (χ0) is 13.2. The van der Waals surface area contributed by atoms with Crippen molar-refractivity contribution < 1.29 is 28.0 Å². The van der Waals surface area contributed by atoms with Crippen molar-refractivity contribution in [3.63, 3.8) is 0 Å². The number of pyridine rings is 1. The number of alkyl halides is 2. The molecule has 92 valence electrons. The molecule has 1 aromatic rings. The third kappa shape index (κ3) is 2.68. The number of aromatic nitrogens is 1. The SMILES string of the molecule is O=C(O)Cc1cnc(C(F)F)c(F)c1[N+](=O)[O-]. The molecule has 17 heavy (non-hydrogen) atoms. The number of rotatable bonds is 4. The van der Waals surface area contributed by atoms with E-state index in [1.807, 2.05) is 0 Å². The third-order valence-corrected chi connectivity index (χ3v) is 1.83. The minimum Gasteiger partial charge on any atom is -0.481 e. The fourth-order valence-electron chi connectivity index (χ4n) is 1.17. The Labute approximate surface area is 91.9 Å². The Morgan fingerprint density at radius 1 is 1.59 bits per heavy atom. The van der Waals surface area contributed by atoms with Gasteiger partial charge in [-0.3, -0.25) is 19.9 Å². The second-order valence-corrected chi connectivity index (χ2v) is 2.96. The molecule has 1 aromatic heterocycles. The second kappa shape index (κ2) is 4.76. The zero-order valence-electron chi connectivity index (χ0n) is 8.06. The van der Waals surface area contributed by atoms with Gasteiger partial charge in [-0.05, 0) is 0 Å². The predicted molar refractivity (Wildman–Crippen MR) is 47.1 cm³/mol. The van der Waals surface area contributed by atoms with Crippen LogP contribution in [0.15, 0.2) is 6.20 Å². The molecular weight excluding hydrogens is 245 g/mol. The van der Waals surface area contributed by atoms with Crippen molar-refractivity contribution in [1.82, 2.24) is 4.98 Å². The summed E-state index contributed by atoms with van der Waals surface area (Å²) in [6.07, 6.45) is -3.62. The van der Waals surface area contributed by atoms with Crippen LogP contribution in [0.1, 0.15) is 17.7 Å². The van der Waals surface area contributed by atoms with Crippen LogP contribution in [0.4, 0.5) is 18.9 Å². The molecule has 9 heteroatoms. The van der Waals surface area contributed by atoms with Crippen LogP contribution in [0.25, 0.3) is 0 Å². The monoisotopic (exact) mass is 250 g/mol. The summed E-state index contributed by atoms with van der Waals surface area (Å²) in [5, 5.41) is 18.9. The lowest BCUT2D eigenvalue weighted by molar-refractivity contribution is -0.388. The van der Waals surface area contributed by atoms with Gasteiger partial charge in [0.1, 0.15) is 5.69 Å². The average molecular weight is 250 g/mol. The number of carbonyl (C=O) groups is 1. The van der Waals surface area contributed by atoms with Gasteiger partial charge in [0.05, 0.1) is 16.9 Å². The lowest BCUT2D eigenvalue weighted by Gasteiger charge is -2.04.